The van der Waals surface area contributed by atoms with Gasteiger partial charge in [0.2, 0.25) is 23.6 Å². The lowest BCUT2D eigenvalue weighted by Crippen LogP contribution is -2.51. The summed E-state index contributed by atoms with van der Waals surface area (Å²) in [6.45, 7) is 16.2. The topological polar surface area (TPSA) is 304 Å². The lowest BCUT2D eigenvalue weighted by Gasteiger charge is -2.31. The van der Waals surface area contributed by atoms with Gasteiger partial charge >= 0.3 is 12.1 Å². The molecule has 0 saturated carbocycles. The quantitative estimate of drug-likeness (QED) is 0.0256. The minimum atomic E-state index is -0.809. The molecule has 1 saturated heterocycles. The number of nitrogens with two attached hydrogens (primary N) is 1. The number of aldehydes is 1. The van der Waals surface area contributed by atoms with Crippen LogP contribution in [-0.4, -0.2) is 214 Å². The van der Waals surface area contributed by atoms with Crippen LogP contribution in [-0.2, 0) is 41.6 Å². The number of alkyl halides is 1. The van der Waals surface area contributed by atoms with Crippen molar-refractivity contribution >= 4 is 103 Å². The maximum absolute atomic E-state index is 13.6. The highest BCUT2D eigenvalue weighted by Crippen LogP contribution is 2.40. The van der Waals surface area contributed by atoms with E-state index in [4.69, 9.17) is 15.6 Å². The van der Waals surface area contributed by atoms with Gasteiger partial charge in [-0.2, -0.15) is 0 Å². The van der Waals surface area contributed by atoms with E-state index in [1.165, 1.54) is 35.2 Å². The maximum atomic E-state index is 13.6. The molecule has 4 aliphatic heterocycles. The van der Waals surface area contributed by atoms with Gasteiger partial charge in [-0.15, -0.1) is 0 Å². The number of carbonyl (C=O) groups excluding carboxylic acids is 9. The Labute approximate surface area is 507 Å². The summed E-state index contributed by atoms with van der Waals surface area (Å²) in [5.74, 6) is 0.675. The number of ether oxygens (including phenoxy) is 1. The summed E-state index contributed by atoms with van der Waals surface area (Å²) in [5.41, 5.74) is 9.98. The monoisotopic (exact) mass is 1250 g/mol. The van der Waals surface area contributed by atoms with Crippen molar-refractivity contribution in [2.24, 2.45) is 5.73 Å². The molecule has 4 aliphatic rings. The van der Waals surface area contributed by atoms with Crippen molar-refractivity contribution in [1.82, 2.24) is 51.2 Å². The molecule has 1 aromatic heterocycles. The number of halogens is 1. The number of fused-ring (bicyclic) bond motifs is 6. The number of aromatic nitrogens is 1. The number of aliphatic hydroxyl groups is 1. The van der Waals surface area contributed by atoms with Gasteiger partial charge in [0.15, 0.2) is 6.29 Å². The smallest absolute Gasteiger partial charge is 0.409 e. The first kappa shape index (κ1) is 70.0. The summed E-state index contributed by atoms with van der Waals surface area (Å²) in [5, 5.41) is 25.8. The van der Waals surface area contributed by atoms with Crippen LogP contribution in [0.25, 0.3) is 21.7 Å². The molecular formula is C60H88BrN13O11. The zero-order valence-electron chi connectivity index (χ0n) is 50.7. The van der Waals surface area contributed by atoms with Crippen LogP contribution in [0.15, 0.2) is 60.7 Å². The van der Waals surface area contributed by atoms with Gasteiger partial charge in [0.1, 0.15) is 11.8 Å². The van der Waals surface area contributed by atoms with E-state index in [1.807, 2.05) is 61.1 Å². The molecule has 0 spiro atoms. The number of imide groups is 1. The Morgan fingerprint density at radius 3 is 2.11 bits per heavy atom. The molecule has 0 radical (unpaired) electrons. The Morgan fingerprint density at radius 2 is 1.47 bits per heavy atom. The summed E-state index contributed by atoms with van der Waals surface area (Å²) < 4.78 is 5.82. The molecule has 85 heavy (non-hydrogen) atoms. The lowest BCUT2D eigenvalue weighted by atomic mass is 10.0. The third-order valence-electron chi connectivity index (χ3n) is 14.1. The summed E-state index contributed by atoms with van der Waals surface area (Å²) in [6, 6.07) is 14.2. The molecular weight excluding hydrogens is 1160 g/mol. The van der Waals surface area contributed by atoms with Gasteiger partial charge in [-0.3, -0.25) is 43.4 Å². The average Bonchev–Trinajstić information content (AvgIpc) is 2.29. The van der Waals surface area contributed by atoms with Gasteiger partial charge in [-0.25, -0.2) is 9.59 Å². The third kappa shape index (κ3) is 21.2. The Kier molecular flexibility index (Phi) is 28.9. The Morgan fingerprint density at radius 1 is 0.824 bits per heavy atom. The van der Waals surface area contributed by atoms with E-state index < -0.39 is 29.4 Å². The number of amides is 9. The van der Waals surface area contributed by atoms with Gasteiger partial charge in [0.05, 0.1) is 30.9 Å². The van der Waals surface area contributed by atoms with Crippen LogP contribution in [0.3, 0.4) is 0 Å². The van der Waals surface area contributed by atoms with Crippen LogP contribution in [0.5, 0.6) is 5.75 Å². The lowest BCUT2D eigenvalue weighted by molar-refractivity contribution is -0.137. The number of aromatic amines is 1. The normalized spacial score (nSPS) is 14.6. The number of urea groups is 1. The van der Waals surface area contributed by atoms with Crippen molar-refractivity contribution < 1.29 is 53.0 Å². The first-order chi connectivity index (χ1) is 40.6. The molecule has 0 bridgehead atoms. The molecule has 25 heteroatoms. The summed E-state index contributed by atoms with van der Waals surface area (Å²) in [6.07, 6.45) is 6.55. The van der Waals surface area contributed by atoms with Crippen LogP contribution in [0, 0.1) is 0 Å². The number of aliphatic hydroxyl groups excluding tert-OH is 1. The SMILES string of the molecule is CBr.CC(C)(CO)NC(=O)CCN1C(=O)C=CC1=O.CCC.CCN(C)CC(=O)NCCNCC(=O)N[C@@H](CCCNC(N)=O)C(=O)N1CCc2c1ccc1[nH]c(C=O)cc21.CN1CCN(C(=O)Oc2cc3c(c4ccccc24)CCN3C)CC1. The molecule has 8 rings (SSSR count). The first-order valence-electron chi connectivity index (χ1n) is 28.8. The van der Waals surface area contributed by atoms with Gasteiger partial charge in [0.25, 0.3) is 11.8 Å². The fraction of sp³-hybridized carbons (Fsp3) is 0.517. The standard InChI is InChI=1S/C26H38N8O5.C19H23N3O2.C11H16N2O4.C3H8.CH3Br/c1-3-33(2)15-24(37)29-11-10-28-14-23(36)32-21(5-4-9-30-26(27)39)25(38)34-12-8-18-19-13-17(16-35)31-20(19)6-7-22(18)34;1-20-9-11-22(12-10-20)19(23)24-18-13-17-15(7-8-21(17)2)14-5-3-4-6-16(14)18;1-11(2,7-14)12-8(15)5-6-13-9(16)3-4-10(13)17;1-3-2;1-2/h6-7,13,16,21,28,31H,3-5,8-12,14-15H2,1-2H3,(H,29,37)(H,32,36)(H3,27,30,39);3-6,13H,7-12H2,1-2H3;3-4,14H,5-7H2,1-2H3,(H,12,15);3H2,1-2H3;1H3/t21-;;;;/m0..../s1. The number of H-pyrrole nitrogens is 1. The number of carbonyl (C=O) groups is 9. The Bertz CT molecular complexity index is 2940. The number of anilines is 2. The zero-order valence-corrected chi connectivity index (χ0v) is 52.3. The van der Waals surface area contributed by atoms with Gasteiger partial charge in [-0.1, -0.05) is 67.4 Å². The largest absolute Gasteiger partial charge is 0.415 e. The number of rotatable bonds is 21. The molecule has 9 N–H and O–H groups in total. The molecule has 0 unspecified atom stereocenters. The average molecular weight is 1250 g/mol. The second-order valence-electron chi connectivity index (χ2n) is 21.5. The minimum Gasteiger partial charge on any atom is -0.409 e. The number of piperazine rings is 1. The molecule has 0 aliphatic carbocycles. The molecule has 24 nitrogen and oxygen atoms in total. The van der Waals surface area contributed by atoms with Crippen molar-refractivity contribution in [2.45, 2.75) is 84.7 Å². The minimum absolute atomic E-state index is 0.0247. The highest BCUT2D eigenvalue weighted by atomic mass is 79.9. The van der Waals surface area contributed by atoms with E-state index in [1.54, 1.807) is 29.7 Å². The number of hydrogen-bond acceptors (Lipinski definition) is 15. The van der Waals surface area contributed by atoms with E-state index >= 15 is 0 Å². The Balaban J connectivity index is 0.000000285. The molecule has 4 aromatic rings. The van der Waals surface area contributed by atoms with Gasteiger partial charge < -0.3 is 66.7 Å². The summed E-state index contributed by atoms with van der Waals surface area (Å²) >= 11 is 2.94. The number of benzene rings is 3. The van der Waals surface area contributed by atoms with Gasteiger partial charge in [-0.05, 0) is 101 Å². The van der Waals surface area contributed by atoms with Crippen LogP contribution < -0.4 is 46.9 Å². The fourth-order valence-electron chi connectivity index (χ4n) is 9.51. The van der Waals surface area contributed by atoms with Crippen LogP contribution in [0.2, 0.25) is 0 Å². The molecule has 466 valence electrons. The van der Waals surface area contributed by atoms with Crippen molar-refractivity contribution in [2.75, 3.05) is 128 Å². The van der Waals surface area contributed by atoms with Crippen molar-refractivity contribution in [3.8, 4) is 5.75 Å². The second-order valence-corrected chi connectivity index (χ2v) is 21.5. The number of likely N-dealkylation sites (N-methyl/N-ethyl adjacent to an activating group) is 3. The molecule has 9 amide bonds. The highest BCUT2D eigenvalue weighted by Gasteiger charge is 2.33. The zero-order chi connectivity index (χ0) is 62.8. The third-order valence-corrected chi connectivity index (χ3v) is 14.1. The predicted molar refractivity (Wildman–Crippen MR) is 334 cm³/mol. The Hall–Kier alpha value is -7.45. The van der Waals surface area contributed by atoms with E-state index in [0.717, 1.165) is 84.4 Å². The van der Waals surface area contributed by atoms with Crippen molar-refractivity contribution in [1.29, 1.82) is 0 Å². The van der Waals surface area contributed by atoms with Crippen LogP contribution >= 0.6 is 15.9 Å². The van der Waals surface area contributed by atoms with E-state index in [0.29, 0.717) is 56.9 Å². The highest BCUT2D eigenvalue weighted by molar-refractivity contribution is 9.08. The van der Waals surface area contributed by atoms with Crippen molar-refractivity contribution in [3.63, 3.8) is 0 Å². The van der Waals surface area contributed by atoms with Crippen LogP contribution in [0.1, 0.15) is 81.9 Å². The first-order valence-corrected chi connectivity index (χ1v) is 30.4. The number of primary amides is 1. The van der Waals surface area contributed by atoms with Crippen molar-refractivity contribution in [3.05, 3.63) is 77.5 Å². The molecule has 3 aromatic carbocycles. The number of nitrogens with one attached hydrogen (secondary N) is 6. The molecule has 1 fully saturated rings. The summed E-state index contributed by atoms with van der Waals surface area (Å²) in [7, 11) is 6.02. The number of nitrogens with zero attached hydrogens (tertiary/aromatic N) is 6. The van der Waals surface area contributed by atoms with E-state index in [-0.39, 0.29) is 62.4 Å². The molecule has 1 atom stereocenters. The summed E-state index contributed by atoms with van der Waals surface area (Å²) in [4.78, 5) is 121. The van der Waals surface area contributed by atoms with Gasteiger partial charge in [0, 0.05) is 125 Å². The maximum Gasteiger partial charge on any atom is 0.415 e. The number of hydrogen-bond donors (Lipinski definition) is 8. The van der Waals surface area contributed by atoms with E-state index in [2.05, 4.69) is 91.3 Å². The van der Waals surface area contributed by atoms with Crippen LogP contribution in [0.4, 0.5) is 21.0 Å². The van der Waals surface area contributed by atoms with E-state index in [9.17, 15) is 43.2 Å². The predicted octanol–water partition coefficient (Wildman–Crippen LogP) is 3.65. The molecule has 5 heterocycles. The fourth-order valence-corrected chi connectivity index (χ4v) is 9.51. The second kappa shape index (κ2) is 35.1.